The van der Waals surface area contributed by atoms with Crippen LogP contribution in [-0.2, 0) is 0 Å². The third kappa shape index (κ3) is 2.48. The molecule has 1 heteroatoms. The van der Waals surface area contributed by atoms with E-state index in [9.17, 15) is 0 Å². The smallest absolute Gasteiger partial charge is 0.00484 e. The average Bonchev–Trinajstić information content (AvgIpc) is 2.32. The summed E-state index contributed by atoms with van der Waals surface area (Å²) in [5.74, 6) is 0. The highest BCUT2D eigenvalue weighted by Gasteiger charge is 1.94. The van der Waals surface area contributed by atoms with E-state index < -0.39 is 0 Å². The molecule has 15 heavy (non-hydrogen) atoms. The maximum Gasteiger partial charge on any atom is 0.00484 e. The summed E-state index contributed by atoms with van der Waals surface area (Å²) < 4.78 is 0. The maximum atomic E-state index is 5.51. The molecule has 2 rings (SSSR count). The molecule has 74 valence electrons. The minimum absolute atomic E-state index is 1.12. The van der Waals surface area contributed by atoms with Crippen LogP contribution in [0.5, 0.6) is 0 Å². The van der Waals surface area contributed by atoms with Crippen LogP contribution in [0, 0.1) is 0 Å². The first-order chi connectivity index (χ1) is 7.40. The topological polar surface area (TPSA) is 0 Å². The molecule has 0 N–H and O–H groups in total. The first kappa shape index (κ1) is 10.0. The second kappa shape index (κ2) is 4.81. The number of benzene rings is 2. The summed E-state index contributed by atoms with van der Waals surface area (Å²) >= 11 is 5.51. The summed E-state index contributed by atoms with van der Waals surface area (Å²) in [5, 5.41) is 0. The average molecular weight is 215 g/mol. The van der Waals surface area contributed by atoms with Crippen LogP contribution in [0.3, 0.4) is 0 Å². The van der Waals surface area contributed by atoms with Crippen molar-refractivity contribution >= 4 is 17.7 Å². The van der Waals surface area contributed by atoms with Crippen molar-refractivity contribution in [2.45, 2.75) is 0 Å². The van der Waals surface area contributed by atoms with Gasteiger partial charge in [0.15, 0.2) is 0 Å². The zero-order valence-corrected chi connectivity index (χ0v) is 8.98. The van der Waals surface area contributed by atoms with Gasteiger partial charge in [-0.3, -0.25) is 0 Å². The Balaban J connectivity index is 2.32. The van der Waals surface area contributed by atoms with Crippen molar-refractivity contribution in [3.63, 3.8) is 0 Å². The standard InChI is InChI=1S/C14H11Cl/c15-11-10-12-6-8-14(9-7-12)13-4-2-1-3-5-13/h1-11H. The largest absolute Gasteiger partial charge is 0.0929 e. The Morgan fingerprint density at radius 2 is 1.33 bits per heavy atom. The van der Waals surface area contributed by atoms with Crippen LogP contribution < -0.4 is 0 Å². The van der Waals surface area contributed by atoms with E-state index >= 15 is 0 Å². The fourth-order valence-corrected chi connectivity index (χ4v) is 1.64. The number of halogens is 1. The highest BCUT2D eigenvalue weighted by atomic mass is 35.5. The molecule has 0 atom stereocenters. The van der Waals surface area contributed by atoms with Crippen LogP contribution >= 0.6 is 11.6 Å². The van der Waals surface area contributed by atoms with Crippen LogP contribution in [-0.4, -0.2) is 0 Å². The van der Waals surface area contributed by atoms with Gasteiger partial charge in [-0.25, -0.2) is 0 Å². The maximum absolute atomic E-state index is 5.51. The molecular weight excluding hydrogens is 204 g/mol. The van der Waals surface area contributed by atoms with E-state index in [2.05, 4.69) is 36.4 Å². The first-order valence-electron chi connectivity index (χ1n) is 4.82. The summed E-state index contributed by atoms with van der Waals surface area (Å²) in [6.45, 7) is 0. The molecule has 0 aliphatic rings. The molecule has 0 amide bonds. The summed E-state index contributed by atoms with van der Waals surface area (Å²) in [6.07, 6.45) is 1.87. The van der Waals surface area contributed by atoms with E-state index in [-0.39, 0.29) is 0 Å². The van der Waals surface area contributed by atoms with Gasteiger partial charge in [-0.1, -0.05) is 66.2 Å². The van der Waals surface area contributed by atoms with E-state index in [0.29, 0.717) is 0 Å². The van der Waals surface area contributed by atoms with Gasteiger partial charge in [0.25, 0.3) is 0 Å². The van der Waals surface area contributed by atoms with Crippen LogP contribution in [0.15, 0.2) is 60.1 Å². The Morgan fingerprint density at radius 1 is 0.733 bits per heavy atom. The van der Waals surface area contributed by atoms with Gasteiger partial charge in [-0.2, -0.15) is 0 Å². The molecule has 0 unspecified atom stereocenters. The van der Waals surface area contributed by atoms with Crippen molar-refractivity contribution in [1.29, 1.82) is 0 Å². The molecular formula is C14H11Cl. The van der Waals surface area contributed by atoms with Crippen LogP contribution in [0.25, 0.3) is 17.2 Å². The van der Waals surface area contributed by atoms with Crippen molar-refractivity contribution in [2.24, 2.45) is 0 Å². The summed E-state index contributed by atoms with van der Waals surface area (Å²) in [6, 6.07) is 18.6. The number of rotatable bonds is 2. The lowest BCUT2D eigenvalue weighted by Gasteiger charge is -2.01. The van der Waals surface area contributed by atoms with E-state index in [1.165, 1.54) is 16.7 Å². The van der Waals surface area contributed by atoms with Crippen LogP contribution in [0.4, 0.5) is 0 Å². The Morgan fingerprint density at radius 3 is 1.93 bits per heavy atom. The fourth-order valence-electron chi connectivity index (χ4n) is 1.49. The van der Waals surface area contributed by atoms with E-state index in [1.54, 1.807) is 0 Å². The van der Waals surface area contributed by atoms with Crippen molar-refractivity contribution in [3.8, 4) is 11.1 Å². The molecule has 0 aliphatic carbocycles. The highest BCUT2D eigenvalue weighted by molar-refractivity contribution is 6.27. The quantitative estimate of drug-likeness (QED) is 0.688. The molecule has 0 aromatic heterocycles. The molecule has 0 aliphatic heterocycles. The molecule has 2 aromatic carbocycles. The fraction of sp³-hybridized carbons (Fsp3) is 0. The predicted molar refractivity (Wildman–Crippen MR) is 66.8 cm³/mol. The third-order valence-electron chi connectivity index (χ3n) is 2.27. The van der Waals surface area contributed by atoms with E-state index in [0.717, 1.165) is 5.56 Å². The first-order valence-corrected chi connectivity index (χ1v) is 5.26. The molecule has 0 saturated carbocycles. The Hall–Kier alpha value is -1.53. The Kier molecular flexibility index (Phi) is 3.21. The summed E-state index contributed by atoms with van der Waals surface area (Å²) in [5.41, 5.74) is 5.10. The van der Waals surface area contributed by atoms with Gasteiger partial charge in [0.05, 0.1) is 0 Å². The van der Waals surface area contributed by atoms with Gasteiger partial charge < -0.3 is 0 Å². The molecule has 0 heterocycles. The summed E-state index contributed by atoms with van der Waals surface area (Å²) in [7, 11) is 0. The van der Waals surface area contributed by atoms with Gasteiger partial charge >= 0.3 is 0 Å². The minimum atomic E-state index is 1.12. The zero-order valence-electron chi connectivity index (χ0n) is 8.23. The lowest BCUT2D eigenvalue weighted by atomic mass is 10.0. The Labute approximate surface area is 94.8 Å². The van der Waals surface area contributed by atoms with Crippen LogP contribution in [0.2, 0.25) is 0 Å². The monoisotopic (exact) mass is 214 g/mol. The minimum Gasteiger partial charge on any atom is -0.0929 e. The van der Waals surface area contributed by atoms with Gasteiger partial charge in [-0.15, -0.1) is 0 Å². The zero-order chi connectivity index (χ0) is 10.5. The van der Waals surface area contributed by atoms with Gasteiger partial charge in [0, 0.05) is 5.54 Å². The van der Waals surface area contributed by atoms with Crippen molar-refractivity contribution in [2.75, 3.05) is 0 Å². The van der Waals surface area contributed by atoms with Gasteiger partial charge in [0.2, 0.25) is 0 Å². The number of hydrogen-bond donors (Lipinski definition) is 0. The highest BCUT2D eigenvalue weighted by Crippen LogP contribution is 2.19. The van der Waals surface area contributed by atoms with E-state index in [1.807, 2.05) is 24.3 Å². The second-order valence-corrected chi connectivity index (χ2v) is 3.53. The Bertz CT molecular complexity index is 441. The summed E-state index contributed by atoms with van der Waals surface area (Å²) in [4.78, 5) is 0. The molecule has 0 saturated heterocycles. The van der Waals surface area contributed by atoms with Gasteiger partial charge in [-0.05, 0) is 22.8 Å². The lowest BCUT2D eigenvalue weighted by molar-refractivity contribution is 1.60. The predicted octanol–water partition coefficient (Wildman–Crippen LogP) is 4.56. The van der Waals surface area contributed by atoms with Crippen molar-refractivity contribution in [3.05, 3.63) is 65.7 Å². The van der Waals surface area contributed by atoms with Crippen LogP contribution in [0.1, 0.15) is 5.56 Å². The SMILES string of the molecule is ClC=Cc1ccc(-c2ccccc2)cc1. The lowest BCUT2D eigenvalue weighted by Crippen LogP contribution is -1.77. The molecule has 0 radical (unpaired) electrons. The van der Waals surface area contributed by atoms with Gasteiger partial charge in [0.1, 0.15) is 0 Å². The molecule has 0 bridgehead atoms. The molecule has 2 aromatic rings. The molecule has 0 fully saturated rings. The van der Waals surface area contributed by atoms with E-state index in [4.69, 9.17) is 11.6 Å². The van der Waals surface area contributed by atoms with Crippen molar-refractivity contribution in [1.82, 2.24) is 0 Å². The second-order valence-electron chi connectivity index (χ2n) is 3.28. The normalized spacial score (nSPS) is 10.7. The van der Waals surface area contributed by atoms with Crippen molar-refractivity contribution < 1.29 is 0 Å². The third-order valence-corrected chi connectivity index (χ3v) is 2.40. The molecule has 0 nitrogen and oxygen atoms in total. The molecule has 0 spiro atoms. The number of hydrogen-bond acceptors (Lipinski definition) is 0.